The van der Waals surface area contributed by atoms with Crippen molar-refractivity contribution < 1.29 is 46.3 Å². The number of hydrogen-bond acceptors (Lipinski definition) is 8. The predicted octanol–water partition coefficient (Wildman–Crippen LogP) is 6.93. The summed E-state index contributed by atoms with van der Waals surface area (Å²) in [6, 6.07) is 22.1. The second-order valence-electron chi connectivity index (χ2n) is 11.9. The number of carbonyl (C=O) groups excluding carboxylic acids is 2. The highest BCUT2D eigenvalue weighted by atomic mass is 19.2. The molecule has 0 bridgehead atoms. The van der Waals surface area contributed by atoms with Gasteiger partial charge in [0.1, 0.15) is 0 Å². The van der Waals surface area contributed by atoms with Crippen molar-refractivity contribution in [2.24, 2.45) is 0 Å². The van der Waals surface area contributed by atoms with E-state index in [1.54, 1.807) is 0 Å². The molecule has 2 heterocycles. The van der Waals surface area contributed by atoms with Crippen LogP contribution in [0, 0.1) is 23.3 Å². The van der Waals surface area contributed by atoms with Gasteiger partial charge in [0.2, 0.25) is 0 Å². The maximum atomic E-state index is 13.8. The summed E-state index contributed by atoms with van der Waals surface area (Å²) in [4.78, 5) is 35.5. The van der Waals surface area contributed by atoms with Crippen LogP contribution < -0.4 is 0 Å². The first kappa shape index (κ1) is 35.0. The molecule has 0 aromatic heterocycles. The third-order valence-corrected chi connectivity index (χ3v) is 8.45. The number of benzene rings is 4. The Morgan fingerprint density at radius 3 is 1.44 bits per heavy atom. The highest BCUT2D eigenvalue weighted by Crippen LogP contribution is 2.28. The number of ether oxygens (including phenoxy) is 2. The molecule has 6 rings (SSSR count). The van der Waals surface area contributed by atoms with Gasteiger partial charge in [-0.2, -0.15) is 0 Å². The van der Waals surface area contributed by atoms with Crippen molar-refractivity contribution in [3.05, 3.63) is 131 Å². The standard InChI is InChI=1S/C38H34F4N2O6/c39-33-11-9-25(19-35(33)41)31-7-3-1-5-27(31)23-47-29-15-17-43(21-29)49-37(45)13-14-38(46)50-44-18-16-30(22-44)48-24-28-6-2-4-8-32(28)26-10-12-34(40)36(42)20-26/h1-14,19-20,29-30H,15-18,21-24H2/b14-13+/t29-,30-/m1/s1. The maximum absolute atomic E-state index is 13.8. The Labute approximate surface area is 286 Å². The van der Waals surface area contributed by atoms with Gasteiger partial charge in [-0.15, -0.1) is 10.1 Å². The molecule has 0 spiro atoms. The fourth-order valence-electron chi connectivity index (χ4n) is 5.88. The molecule has 0 unspecified atom stereocenters. The second-order valence-corrected chi connectivity index (χ2v) is 11.9. The Bertz CT molecular complexity index is 1740. The van der Waals surface area contributed by atoms with E-state index in [1.165, 1.54) is 22.3 Å². The van der Waals surface area contributed by atoms with Crippen LogP contribution in [-0.2, 0) is 42.0 Å². The molecule has 0 saturated carbocycles. The fraction of sp³-hybridized carbons (Fsp3) is 0.263. The van der Waals surface area contributed by atoms with Gasteiger partial charge in [0.05, 0.1) is 38.5 Å². The topological polar surface area (TPSA) is 77.5 Å². The summed E-state index contributed by atoms with van der Waals surface area (Å²) in [6.45, 7) is 1.94. The molecule has 12 heteroatoms. The summed E-state index contributed by atoms with van der Waals surface area (Å²) in [5, 5.41) is 2.91. The molecular formula is C38H34F4N2O6. The number of hydroxylamine groups is 4. The molecule has 2 saturated heterocycles. The number of rotatable bonds is 12. The van der Waals surface area contributed by atoms with Crippen LogP contribution in [0.3, 0.4) is 0 Å². The van der Waals surface area contributed by atoms with Crippen molar-refractivity contribution in [3.63, 3.8) is 0 Å². The van der Waals surface area contributed by atoms with Gasteiger partial charge in [-0.25, -0.2) is 27.2 Å². The second kappa shape index (κ2) is 16.2. The zero-order valence-electron chi connectivity index (χ0n) is 26.9. The summed E-state index contributed by atoms with van der Waals surface area (Å²) < 4.78 is 66.6. The normalized spacial score (nSPS) is 18.2. The van der Waals surface area contributed by atoms with E-state index in [1.807, 2.05) is 48.5 Å². The smallest absolute Gasteiger partial charge is 0.349 e. The van der Waals surface area contributed by atoms with Crippen LogP contribution in [0.2, 0.25) is 0 Å². The third-order valence-electron chi connectivity index (χ3n) is 8.45. The van der Waals surface area contributed by atoms with Gasteiger partial charge in [0, 0.05) is 25.2 Å². The van der Waals surface area contributed by atoms with Crippen LogP contribution in [0.1, 0.15) is 24.0 Å². The lowest BCUT2D eigenvalue weighted by Crippen LogP contribution is -2.27. The van der Waals surface area contributed by atoms with E-state index in [2.05, 4.69) is 0 Å². The Morgan fingerprint density at radius 1 is 0.600 bits per heavy atom. The minimum atomic E-state index is -0.927. The molecule has 2 aliphatic heterocycles. The largest absolute Gasteiger partial charge is 0.372 e. The van der Waals surface area contributed by atoms with Crippen molar-refractivity contribution in [1.29, 1.82) is 0 Å². The van der Waals surface area contributed by atoms with Gasteiger partial charge >= 0.3 is 11.9 Å². The highest BCUT2D eigenvalue weighted by Gasteiger charge is 2.28. The van der Waals surface area contributed by atoms with Crippen LogP contribution in [-0.4, -0.2) is 60.5 Å². The van der Waals surface area contributed by atoms with Crippen LogP contribution in [0.4, 0.5) is 17.6 Å². The van der Waals surface area contributed by atoms with E-state index in [-0.39, 0.29) is 25.4 Å². The monoisotopic (exact) mass is 690 g/mol. The van der Waals surface area contributed by atoms with Crippen molar-refractivity contribution in [3.8, 4) is 22.3 Å². The summed E-state index contributed by atoms with van der Waals surface area (Å²) in [7, 11) is 0. The quantitative estimate of drug-likeness (QED) is 0.117. The molecule has 2 atom stereocenters. The van der Waals surface area contributed by atoms with Crippen molar-refractivity contribution in [2.75, 3.05) is 26.2 Å². The minimum Gasteiger partial charge on any atom is -0.372 e. The van der Waals surface area contributed by atoms with E-state index < -0.39 is 35.2 Å². The summed E-state index contributed by atoms with van der Waals surface area (Å²) in [6.07, 6.45) is 2.71. The number of hydrogen-bond donors (Lipinski definition) is 0. The first-order chi connectivity index (χ1) is 24.2. The van der Waals surface area contributed by atoms with Crippen molar-refractivity contribution in [2.45, 2.75) is 38.3 Å². The molecule has 8 nitrogen and oxygen atoms in total. The molecule has 2 fully saturated rings. The van der Waals surface area contributed by atoms with E-state index in [0.29, 0.717) is 50.1 Å². The van der Waals surface area contributed by atoms with Gasteiger partial charge in [0.15, 0.2) is 23.3 Å². The molecule has 4 aromatic rings. The van der Waals surface area contributed by atoms with E-state index in [0.717, 1.165) is 58.7 Å². The third kappa shape index (κ3) is 9.01. The molecule has 0 aliphatic carbocycles. The molecule has 4 aromatic carbocycles. The Balaban J connectivity index is 0.912. The van der Waals surface area contributed by atoms with E-state index in [4.69, 9.17) is 19.1 Å². The molecule has 0 amide bonds. The number of nitrogens with zero attached hydrogens (tertiary/aromatic N) is 2. The molecule has 0 N–H and O–H groups in total. The van der Waals surface area contributed by atoms with Gasteiger partial charge in [0.25, 0.3) is 0 Å². The molecule has 0 radical (unpaired) electrons. The average molecular weight is 691 g/mol. The lowest BCUT2D eigenvalue weighted by molar-refractivity contribution is -0.183. The molecule has 260 valence electrons. The highest BCUT2D eigenvalue weighted by molar-refractivity contribution is 5.91. The van der Waals surface area contributed by atoms with Crippen LogP contribution in [0.15, 0.2) is 97.1 Å². The summed E-state index contributed by atoms with van der Waals surface area (Å²) >= 11 is 0. The molecule has 50 heavy (non-hydrogen) atoms. The fourth-order valence-corrected chi connectivity index (χ4v) is 5.88. The van der Waals surface area contributed by atoms with E-state index >= 15 is 0 Å². The number of halogens is 4. The zero-order chi connectivity index (χ0) is 35.0. The maximum Gasteiger partial charge on any atom is 0.349 e. The average Bonchev–Trinajstić information content (AvgIpc) is 3.77. The first-order valence-electron chi connectivity index (χ1n) is 16.1. The van der Waals surface area contributed by atoms with Crippen molar-refractivity contribution >= 4 is 11.9 Å². The summed E-state index contributed by atoms with van der Waals surface area (Å²) in [5.74, 6) is -5.17. The lowest BCUT2D eigenvalue weighted by Gasteiger charge is -2.16. The Morgan fingerprint density at radius 2 is 1.02 bits per heavy atom. The van der Waals surface area contributed by atoms with Gasteiger partial charge in [-0.05, 0) is 70.5 Å². The zero-order valence-corrected chi connectivity index (χ0v) is 26.9. The Hall–Kier alpha value is -4.88. The van der Waals surface area contributed by atoms with E-state index in [9.17, 15) is 27.2 Å². The van der Waals surface area contributed by atoms with Gasteiger partial charge in [-0.3, -0.25) is 0 Å². The van der Waals surface area contributed by atoms with Crippen molar-refractivity contribution in [1.82, 2.24) is 10.1 Å². The van der Waals surface area contributed by atoms with Crippen LogP contribution in [0.5, 0.6) is 0 Å². The van der Waals surface area contributed by atoms with Gasteiger partial charge < -0.3 is 19.1 Å². The van der Waals surface area contributed by atoms with Crippen LogP contribution >= 0.6 is 0 Å². The summed E-state index contributed by atoms with van der Waals surface area (Å²) in [5.41, 5.74) is 4.13. The Kier molecular flexibility index (Phi) is 11.3. The minimum absolute atomic E-state index is 0.222. The molecule has 2 aliphatic rings. The lowest BCUT2D eigenvalue weighted by atomic mass is 10.00. The predicted molar refractivity (Wildman–Crippen MR) is 174 cm³/mol. The van der Waals surface area contributed by atoms with Gasteiger partial charge in [-0.1, -0.05) is 60.7 Å². The number of carbonyl (C=O) groups is 2. The SMILES string of the molecule is O=C(/C=C/C(=O)ON1CC[C@@H](OCc2ccccc2-c2ccc(F)c(F)c2)C1)ON1CC[C@@H](OCc2ccccc2-c2ccc(F)c(F)c2)C1. The first-order valence-corrected chi connectivity index (χ1v) is 16.1. The molecular weight excluding hydrogens is 656 g/mol. The van der Waals surface area contributed by atoms with Crippen LogP contribution in [0.25, 0.3) is 22.3 Å².